The summed E-state index contributed by atoms with van der Waals surface area (Å²) in [7, 11) is 1.27. The van der Waals surface area contributed by atoms with Gasteiger partial charge in [-0.3, -0.25) is 10.2 Å². The summed E-state index contributed by atoms with van der Waals surface area (Å²) in [4.78, 5) is 12.0. The number of hydrogen-bond acceptors (Lipinski definition) is 4. The van der Waals surface area contributed by atoms with Gasteiger partial charge in [0.15, 0.2) is 11.6 Å². The smallest absolute Gasteiger partial charge is 0.238 e. The number of ether oxygens (including phenoxy) is 1. The van der Waals surface area contributed by atoms with Crippen molar-refractivity contribution in [3.63, 3.8) is 0 Å². The highest BCUT2D eigenvalue weighted by molar-refractivity contribution is 5.82. The van der Waals surface area contributed by atoms with Crippen LogP contribution in [0.15, 0.2) is 12.1 Å². The lowest BCUT2D eigenvalue weighted by atomic mass is 10.1. The molecule has 0 aromatic heterocycles. The minimum absolute atomic E-state index is 0.0673. The predicted octanol–water partition coefficient (Wildman–Crippen LogP) is 1.62. The summed E-state index contributed by atoms with van der Waals surface area (Å²) in [6.07, 6.45) is 2.69. The Labute approximate surface area is 128 Å². The van der Waals surface area contributed by atoms with Gasteiger partial charge in [0.2, 0.25) is 11.7 Å². The van der Waals surface area contributed by atoms with Gasteiger partial charge in [0, 0.05) is 18.2 Å². The van der Waals surface area contributed by atoms with Crippen molar-refractivity contribution < 1.29 is 18.3 Å². The number of methoxy groups -OCH3 is 1. The molecular weight excluding hydrogens is 292 g/mol. The first-order valence-electron chi connectivity index (χ1n) is 7.36. The molecule has 1 amide bonds. The van der Waals surface area contributed by atoms with Gasteiger partial charge in [-0.25, -0.2) is 9.82 Å². The van der Waals surface area contributed by atoms with Crippen molar-refractivity contribution in [3.8, 4) is 5.75 Å². The first-order chi connectivity index (χ1) is 10.6. The highest BCUT2D eigenvalue weighted by Crippen LogP contribution is 2.22. The van der Waals surface area contributed by atoms with E-state index in [4.69, 9.17) is 4.74 Å². The second kappa shape index (κ2) is 7.51. The quantitative estimate of drug-likeness (QED) is 0.747. The van der Waals surface area contributed by atoms with Crippen LogP contribution in [0, 0.1) is 11.6 Å². The molecule has 1 aromatic carbocycles. The molecule has 2 atom stereocenters. The van der Waals surface area contributed by atoms with Crippen LogP contribution in [0.25, 0.3) is 0 Å². The Hall–Kier alpha value is -1.73. The topological polar surface area (TPSA) is 62.4 Å². The average Bonchev–Trinajstić information content (AvgIpc) is 2.98. The van der Waals surface area contributed by atoms with Gasteiger partial charge >= 0.3 is 0 Å². The van der Waals surface area contributed by atoms with Crippen LogP contribution in [0.4, 0.5) is 8.78 Å². The summed E-state index contributed by atoms with van der Waals surface area (Å²) < 4.78 is 32.1. The highest BCUT2D eigenvalue weighted by atomic mass is 19.2. The number of rotatable bonds is 6. The van der Waals surface area contributed by atoms with Gasteiger partial charge in [-0.15, -0.1) is 0 Å². The number of benzene rings is 1. The molecular formula is C15H21F2N3O2. The zero-order valence-electron chi connectivity index (χ0n) is 12.7. The van der Waals surface area contributed by atoms with E-state index >= 15 is 0 Å². The van der Waals surface area contributed by atoms with E-state index in [1.54, 1.807) is 0 Å². The van der Waals surface area contributed by atoms with Gasteiger partial charge in [0.05, 0.1) is 7.11 Å². The normalized spacial score (nSPS) is 20.9. The Morgan fingerprint density at radius 3 is 2.82 bits per heavy atom. The zero-order valence-corrected chi connectivity index (χ0v) is 12.7. The molecule has 122 valence electrons. The molecule has 0 radical (unpaired) electrons. The van der Waals surface area contributed by atoms with Crippen LogP contribution in [-0.2, 0) is 11.3 Å². The van der Waals surface area contributed by atoms with Gasteiger partial charge in [-0.05, 0) is 18.9 Å². The maximum absolute atomic E-state index is 13.8. The minimum atomic E-state index is -1.04. The van der Waals surface area contributed by atoms with Crippen LogP contribution in [0.5, 0.6) is 5.75 Å². The molecule has 0 bridgehead atoms. The van der Waals surface area contributed by atoms with E-state index in [1.807, 2.05) is 0 Å². The number of carbonyl (C=O) groups is 1. The molecule has 3 N–H and O–H groups in total. The molecule has 7 heteroatoms. The molecule has 1 aromatic rings. The molecule has 5 nitrogen and oxygen atoms in total. The fourth-order valence-electron chi connectivity index (χ4n) is 2.50. The number of nitrogens with one attached hydrogen (secondary N) is 3. The van der Waals surface area contributed by atoms with E-state index in [-0.39, 0.29) is 35.8 Å². The second-order valence-corrected chi connectivity index (χ2v) is 5.34. The third-order valence-electron chi connectivity index (χ3n) is 3.74. The van der Waals surface area contributed by atoms with Crippen LogP contribution in [0.1, 0.15) is 31.7 Å². The first-order valence-corrected chi connectivity index (χ1v) is 7.36. The first kappa shape index (κ1) is 16.6. The summed E-state index contributed by atoms with van der Waals surface area (Å²) in [5.41, 5.74) is 6.07. The fraction of sp³-hybridized carbons (Fsp3) is 0.533. The van der Waals surface area contributed by atoms with Crippen LogP contribution in [0.3, 0.4) is 0 Å². The molecule has 0 saturated carbocycles. The van der Waals surface area contributed by atoms with Crippen molar-refractivity contribution >= 4 is 5.91 Å². The fourth-order valence-corrected chi connectivity index (χ4v) is 2.50. The van der Waals surface area contributed by atoms with Crippen LogP contribution in [0.2, 0.25) is 0 Å². The third-order valence-corrected chi connectivity index (χ3v) is 3.74. The largest absolute Gasteiger partial charge is 0.494 e. The Morgan fingerprint density at radius 1 is 1.36 bits per heavy atom. The SMILES string of the molecule is CCCC1CC(C(=O)NCc2ccc(OC)c(F)c2F)NN1. The molecule has 1 aliphatic rings. The Bertz CT molecular complexity index is 540. The molecule has 1 fully saturated rings. The number of hydrazine groups is 1. The molecule has 1 heterocycles. The lowest BCUT2D eigenvalue weighted by Crippen LogP contribution is -2.43. The number of hydrogen-bond donors (Lipinski definition) is 3. The zero-order chi connectivity index (χ0) is 16.1. The molecule has 2 rings (SSSR count). The third kappa shape index (κ3) is 3.72. The van der Waals surface area contributed by atoms with E-state index in [9.17, 15) is 13.6 Å². The summed E-state index contributed by atoms with van der Waals surface area (Å²) >= 11 is 0. The van der Waals surface area contributed by atoms with Crippen LogP contribution >= 0.6 is 0 Å². The average molecular weight is 313 g/mol. The second-order valence-electron chi connectivity index (χ2n) is 5.34. The van der Waals surface area contributed by atoms with Crippen molar-refractivity contribution in [2.45, 2.75) is 44.8 Å². The number of carbonyl (C=O) groups excluding carboxylic acids is 1. The lowest BCUT2D eigenvalue weighted by molar-refractivity contribution is -0.123. The van der Waals surface area contributed by atoms with Crippen molar-refractivity contribution in [2.75, 3.05) is 7.11 Å². The molecule has 1 aliphatic heterocycles. The summed E-state index contributed by atoms with van der Waals surface area (Å²) in [6.45, 7) is 2.01. The van der Waals surface area contributed by atoms with Crippen molar-refractivity contribution in [1.29, 1.82) is 0 Å². The predicted molar refractivity (Wildman–Crippen MR) is 78.1 cm³/mol. The molecule has 1 saturated heterocycles. The number of halogens is 2. The summed E-state index contributed by atoms with van der Waals surface area (Å²) in [5.74, 6) is -2.43. The van der Waals surface area contributed by atoms with E-state index in [1.165, 1.54) is 19.2 Å². The van der Waals surface area contributed by atoms with Gasteiger partial charge in [0.25, 0.3) is 0 Å². The van der Waals surface area contributed by atoms with E-state index in [0.717, 1.165) is 12.8 Å². The van der Waals surface area contributed by atoms with Gasteiger partial charge in [0.1, 0.15) is 6.04 Å². The van der Waals surface area contributed by atoms with Gasteiger partial charge in [-0.1, -0.05) is 19.4 Å². The molecule has 22 heavy (non-hydrogen) atoms. The highest BCUT2D eigenvalue weighted by Gasteiger charge is 2.28. The lowest BCUT2D eigenvalue weighted by Gasteiger charge is -2.12. The van der Waals surface area contributed by atoms with Crippen LogP contribution < -0.4 is 20.9 Å². The van der Waals surface area contributed by atoms with Gasteiger partial charge in [-0.2, -0.15) is 4.39 Å². The maximum atomic E-state index is 13.8. The molecule has 0 spiro atoms. The van der Waals surface area contributed by atoms with E-state index in [2.05, 4.69) is 23.1 Å². The minimum Gasteiger partial charge on any atom is -0.494 e. The van der Waals surface area contributed by atoms with Crippen molar-refractivity contribution in [1.82, 2.24) is 16.2 Å². The summed E-state index contributed by atoms with van der Waals surface area (Å²) in [6, 6.07) is 2.64. The summed E-state index contributed by atoms with van der Waals surface area (Å²) in [5, 5.41) is 2.62. The van der Waals surface area contributed by atoms with Crippen LogP contribution in [-0.4, -0.2) is 25.1 Å². The maximum Gasteiger partial charge on any atom is 0.238 e. The van der Waals surface area contributed by atoms with Crippen molar-refractivity contribution in [2.24, 2.45) is 0 Å². The Kier molecular flexibility index (Phi) is 5.68. The number of amides is 1. The Morgan fingerprint density at radius 2 is 2.14 bits per heavy atom. The standard InChI is InChI=1S/C15H21F2N3O2/c1-3-4-10-7-11(20-19-10)15(21)18-8-9-5-6-12(22-2)14(17)13(9)16/h5-6,10-11,19-20H,3-4,7-8H2,1-2H3,(H,18,21). The molecule has 2 unspecified atom stereocenters. The monoisotopic (exact) mass is 313 g/mol. The molecule has 0 aliphatic carbocycles. The Balaban J connectivity index is 1.91. The van der Waals surface area contributed by atoms with Gasteiger partial charge < -0.3 is 10.1 Å². The van der Waals surface area contributed by atoms with E-state index in [0.29, 0.717) is 6.42 Å². The van der Waals surface area contributed by atoms with E-state index < -0.39 is 11.6 Å². The van der Waals surface area contributed by atoms with Crippen molar-refractivity contribution in [3.05, 3.63) is 29.3 Å².